The molecule has 1 rings (SSSR count). The Morgan fingerprint density at radius 3 is 1.90 bits per heavy atom. The summed E-state index contributed by atoms with van der Waals surface area (Å²) in [5.74, 6) is 0. The summed E-state index contributed by atoms with van der Waals surface area (Å²) >= 11 is -4.20. The molecule has 0 fully saturated rings. The van der Waals surface area contributed by atoms with Crippen LogP contribution in [-0.2, 0) is 7.67 Å². The molecule has 0 aliphatic heterocycles. The third-order valence-corrected chi connectivity index (χ3v) is 3.02. The van der Waals surface area contributed by atoms with E-state index in [1.165, 1.54) is 12.1 Å². The van der Waals surface area contributed by atoms with E-state index < -0.39 is 12.9 Å². The van der Waals surface area contributed by atoms with Crippen LogP contribution in [0.1, 0.15) is 0 Å². The van der Waals surface area contributed by atoms with Crippen molar-refractivity contribution in [2.45, 2.75) is 0 Å². The van der Waals surface area contributed by atoms with Crippen LogP contribution in [0.2, 0.25) is 0 Å². The predicted octanol–water partition coefficient (Wildman–Crippen LogP) is -0.348. The zero-order chi connectivity index (χ0) is 7.61. The fourth-order valence-corrected chi connectivity index (χ4v) is 1.74. The van der Waals surface area contributed by atoms with Crippen LogP contribution in [0.15, 0.2) is 30.3 Å². The third-order valence-electron chi connectivity index (χ3n) is 1.07. The summed E-state index contributed by atoms with van der Waals surface area (Å²) in [6.07, 6.45) is 0. The first-order chi connectivity index (χ1) is 4.61. The minimum absolute atomic E-state index is 0.221. The Hall–Kier alpha value is -0.701. The van der Waals surface area contributed by atoms with Gasteiger partial charge in [0.25, 0.3) is 0 Å². The summed E-state index contributed by atoms with van der Waals surface area (Å²) in [7, 11) is 0. The van der Waals surface area contributed by atoms with E-state index >= 15 is 0 Å². The average molecular weight is 204 g/mol. The summed E-state index contributed by atoms with van der Waals surface area (Å²) in [4.78, 5) is 0. The molecule has 0 spiro atoms. The van der Waals surface area contributed by atoms with Crippen molar-refractivity contribution in [2.75, 3.05) is 0 Å². The molecule has 0 radical (unpaired) electrons. The van der Waals surface area contributed by atoms with E-state index in [4.69, 9.17) is 4.75 Å². The van der Waals surface area contributed by atoms with Gasteiger partial charge in [-0.2, -0.15) is 0 Å². The fraction of sp³-hybridized carbons (Fsp3) is 0. The second-order valence-corrected chi connectivity index (χ2v) is 5.13. The first kappa shape index (κ1) is 7.41. The Kier molecular flexibility index (Phi) is 1.85. The van der Waals surface area contributed by atoms with Crippen LogP contribution >= 0.6 is 0 Å². The molecule has 0 amide bonds. The molecular formula is C6H7NO2Se. The molecule has 0 saturated carbocycles. The minimum atomic E-state index is -4.20. The van der Waals surface area contributed by atoms with Gasteiger partial charge in [-0.25, -0.2) is 0 Å². The molecule has 1 aromatic carbocycles. The van der Waals surface area contributed by atoms with Crippen molar-refractivity contribution < 1.29 is 7.67 Å². The molecule has 0 aromatic heterocycles. The molecule has 0 aliphatic carbocycles. The van der Waals surface area contributed by atoms with E-state index in [1.54, 1.807) is 18.2 Å². The number of rotatable bonds is 1. The molecule has 2 N–H and O–H groups in total. The van der Waals surface area contributed by atoms with Gasteiger partial charge in [0.1, 0.15) is 0 Å². The van der Waals surface area contributed by atoms with Crippen LogP contribution in [0, 0.1) is 0 Å². The van der Waals surface area contributed by atoms with E-state index in [1.807, 2.05) is 0 Å². The Labute approximate surface area is 60.7 Å². The van der Waals surface area contributed by atoms with Crippen molar-refractivity contribution in [2.24, 2.45) is 4.75 Å². The first-order valence-electron chi connectivity index (χ1n) is 2.68. The molecule has 54 valence electrons. The maximum absolute atomic E-state index is 10.7. The van der Waals surface area contributed by atoms with Gasteiger partial charge in [-0.15, -0.1) is 0 Å². The monoisotopic (exact) mass is 205 g/mol. The number of nitrogens with two attached hydrogens (primary N) is 1. The third kappa shape index (κ3) is 1.64. The van der Waals surface area contributed by atoms with Gasteiger partial charge in [0.05, 0.1) is 0 Å². The molecule has 0 bridgehead atoms. The van der Waals surface area contributed by atoms with Gasteiger partial charge in [0.15, 0.2) is 0 Å². The first-order valence-corrected chi connectivity index (χ1v) is 5.93. The van der Waals surface area contributed by atoms with Crippen molar-refractivity contribution in [3.8, 4) is 0 Å². The summed E-state index contributed by atoms with van der Waals surface area (Å²) in [6.45, 7) is 0. The predicted molar refractivity (Wildman–Crippen MR) is 37.4 cm³/mol. The Morgan fingerprint density at radius 1 is 1.10 bits per heavy atom. The molecule has 0 heterocycles. The van der Waals surface area contributed by atoms with E-state index in [2.05, 4.69) is 0 Å². The average Bonchev–Trinajstić information content (AvgIpc) is 1.88. The van der Waals surface area contributed by atoms with Gasteiger partial charge in [0, 0.05) is 0 Å². The Morgan fingerprint density at radius 2 is 1.60 bits per heavy atom. The van der Waals surface area contributed by atoms with Crippen LogP contribution in [0.3, 0.4) is 0 Å². The van der Waals surface area contributed by atoms with E-state index in [0.29, 0.717) is 0 Å². The summed E-state index contributed by atoms with van der Waals surface area (Å²) in [5.41, 5.74) is 0. The van der Waals surface area contributed by atoms with Gasteiger partial charge < -0.3 is 0 Å². The van der Waals surface area contributed by atoms with Crippen LogP contribution in [0.5, 0.6) is 0 Å². The molecule has 3 nitrogen and oxygen atoms in total. The molecular weight excluding hydrogens is 197 g/mol. The molecule has 1 aromatic rings. The maximum atomic E-state index is 10.7. The van der Waals surface area contributed by atoms with Crippen molar-refractivity contribution in [1.29, 1.82) is 0 Å². The van der Waals surface area contributed by atoms with Crippen LogP contribution in [0.25, 0.3) is 0 Å². The number of benzene rings is 1. The van der Waals surface area contributed by atoms with Crippen LogP contribution < -0.4 is 9.21 Å². The molecule has 4 heteroatoms. The second kappa shape index (κ2) is 2.50. The fourth-order valence-electron chi connectivity index (χ4n) is 0.610. The standard InChI is InChI=1S/C6H7NO2Se/c7-10(8,9)6-4-2-1-3-5-6/h1-5H,(H2,7,8,9). The van der Waals surface area contributed by atoms with E-state index in [0.717, 1.165) is 0 Å². The van der Waals surface area contributed by atoms with Gasteiger partial charge in [0.2, 0.25) is 0 Å². The van der Waals surface area contributed by atoms with Gasteiger partial charge >= 0.3 is 60.1 Å². The zero-order valence-corrected chi connectivity index (χ0v) is 6.90. The Balaban J connectivity index is 3.22. The normalized spacial score (nSPS) is 11.3. The van der Waals surface area contributed by atoms with Gasteiger partial charge in [-0.1, -0.05) is 0 Å². The molecule has 10 heavy (non-hydrogen) atoms. The summed E-state index contributed by atoms with van der Waals surface area (Å²) in [5, 5.41) is 0. The Bertz CT molecular complexity index is 304. The number of hydrogen-bond donors (Lipinski definition) is 1. The zero-order valence-electron chi connectivity index (χ0n) is 5.19. The van der Waals surface area contributed by atoms with Crippen LogP contribution in [0.4, 0.5) is 0 Å². The van der Waals surface area contributed by atoms with Gasteiger partial charge in [-0.3, -0.25) is 0 Å². The van der Waals surface area contributed by atoms with Crippen molar-refractivity contribution in [3.63, 3.8) is 0 Å². The molecule has 0 unspecified atom stereocenters. The SMILES string of the molecule is N[Se](=O)(=O)c1ccccc1. The number of hydrogen-bond acceptors (Lipinski definition) is 2. The van der Waals surface area contributed by atoms with E-state index in [9.17, 15) is 7.67 Å². The summed E-state index contributed by atoms with van der Waals surface area (Å²) < 4.78 is 26.5. The van der Waals surface area contributed by atoms with Crippen molar-refractivity contribution >= 4 is 17.4 Å². The molecule has 0 aliphatic rings. The second-order valence-electron chi connectivity index (χ2n) is 1.86. The molecule has 0 saturated heterocycles. The van der Waals surface area contributed by atoms with Gasteiger partial charge in [-0.05, 0) is 0 Å². The molecule has 0 atom stereocenters. The van der Waals surface area contributed by atoms with Crippen molar-refractivity contribution in [3.05, 3.63) is 30.3 Å². The van der Waals surface area contributed by atoms with Crippen molar-refractivity contribution in [1.82, 2.24) is 0 Å². The van der Waals surface area contributed by atoms with Crippen LogP contribution in [-0.4, -0.2) is 12.9 Å². The summed E-state index contributed by atoms with van der Waals surface area (Å²) in [6, 6.07) is 8.00. The topological polar surface area (TPSA) is 60.2 Å². The van der Waals surface area contributed by atoms with E-state index in [-0.39, 0.29) is 4.46 Å². The quantitative estimate of drug-likeness (QED) is 0.636.